The van der Waals surface area contributed by atoms with Crippen molar-refractivity contribution >= 4 is 39.8 Å². The summed E-state index contributed by atoms with van der Waals surface area (Å²) < 4.78 is 23.3. The van der Waals surface area contributed by atoms with Crippen molar-refractivity contribution in [3.8, 4) is 0 Å². The number of piperidine rings is 1. The van der Waals surface area contributed by atoms with E-state index >= 15 is 0 Å². The lowest BCUT2D eigenvalue weighted by Gasteiger charge is -2.42. The van der Waals surface area contributed by atoms with Gasteiger partial charge in [-0.15, -0.1) is 24.0 Å². The third kappa shape index (κ3) is 7.21. The largest absolute Gasteiger partial charge is 0.357 e. The van der Waals surface area contributed by atoms with E-state index in [1.807, 2.05) is 6.92 Å². The molecule has 0 aromatic heterocycles. The van der Waals surface area contributed by atoms with Gasteiger partial charge >= 0.3 is 0 Å². The molecule has 0 saturated carbocycles. The average molecular weight is 486 g/mol. The summed E-state index contributed by atoms with van der Waals surface area (Å²) in [6.45, 7) is 12.6. The SMILES string of the molecule is CCNC(=NCC(C)(C)N1CCCC(C)C1)NC1CCS(=O)(=O)C1.I. The number of rotatable bonds is 5. The van der Waals surface area contributed by atoms with Crippen LogP contribution in [0.3, 0.4) is 0 Å². The highest BCUT2D eigenvalue weighted by Crippen LogP contribution is 2.24. The van der Waals surface area contributed by atoms with E-state index in [2.05, 4.69) is 36.3 Å². The van der Waals surface area contributed by atoms with Crippen LogP contribution in [-0.4, -0.2) is 68.5 Å². The Bertz CT molecular complexity index is 551. The topological polar surface area (TPSA) is 73.8 Å². The Balaban J connectivity index is 0.00000312. The quantitative estimate of drug-likeness (QED) is 0.353. The van der Waals surface area contributed by atoms with E-state index in [-0.39, 0.29) is 47.1 Å². The van der Waals surface area contributed by atoms with E-state index in [0.29, 0.717) is 13.0 Å². The van der Waals surface area contributed by atoms with Crippen molar-refractivity contribution in [1.29, 1.82) is 0 Å². The molecule has 2 heterocycles. The second-order valence-electron chi connectivity index (χ2n) is 7.95. The Morgan fingerprint density at radius 2 is 2.04 bits per heavy atom. The molecule has 25 heavy (non-hydrogen) atoms. The molecule has 8 heteroatoms. The fourth-order valence-electron chi connectivity index (χ4n) is 3.53. The molecule has 2 fully saturated rings. The first-order valence-corrected chi connectivity index (χ1v) is 11.0. The van der Waals surface area contributed by atoms with Crippen LogP contribution < -0.4 is 10.6 Å². The fourth-order valence-corrected chi connectivity index (χ4v) is 5.21. The van der Waals surface area contributed by atoms with Gasteiger partial charge in [0.1, 0.15) is 0 Å². The smallest absolute Gasteiger partial charge is 0.191 e. The maximum Gasteiger partial charge on any atom is 0.191 e. The van der Waals surface area contributed by atoms with Gasteiger partial charge < -0.3 is 10.6 Å². The van der Waals surface area contributed by atoms with Crippen LogP contribution in [0.2, 0.25) is 0 Å². The molecule has 0 bridgehead atoms. The first-order chi connectivity index (χ1) is 11.2. The zero-order valence-electron chi connectivity index (χ0n) is 16.0. The molecule has 0 aliphatic carbocycles. The molecule has 0 amide bonds. The number of nitrogens with zero attached hydrogens (tertiary/aromatic N) is 2. The minimum Gasteiger partial charge on any atom is -0.357 e. The number of hydrogen-bond acceptors (Lipinski definition) is 4. The summed E-state index contributed by atoms with van der Waals surface area (Å²) in [6.07, 6.45) is 3.24. The van der Waals surface area contributed by atoms with Gasteiger partial charge in [-0.3, -0.25) is 9.89 Å². The van der Waals surface area contributed by atoms with Gasteiger partial charge in [-0.2, -0.15) is 0 Å². The van der Waals surface area contributed by atoms with Crippen LogP contribution in [0, 0.1) is 5.92 Å². The monoisotopic (exact) mass is 486 g/mol. The summed E-state index contributed by atoms with van der Waals surface area (Å²) in [5, 5.41) is 6.54. The molecule has 2 aliphatic rings. The van der Waals surface area contributed by atoms with Crippen molar-refractivity contribution in [2.45, 2.75) is 58.5 Å². The predicted molar refractivity (Wildman–Crippen MR) is 116 cm³/mol. The number of likely N-dealkylation sites (tertiary alicyclic amines) is 1. The molecular formula is C17H35IN4O2S. The first kappa shape index (κ1) is 23.0. The lowest BCUT2D eigenvalue weighted by atomic mass is 9.94. The van der Waals surface area contributed by atoms with Crippen molar-refractivity contribution in [2.24, 2.45) is 10.9 Å². The number of halogens is 1. The standard InChI is InChI=1S/C17H34N4O2S.HI/c1-5-18-16(20-15-8-10-24(22,23)12-15)19-13-17(3,4)21-9-6-7-14(2)11-21;/h14-15H,5-13H2,1-4H3,(H2,18,19,20);1H. The van der Waals surface area contributed by atoms with Crippen molar-refractivity contribution < 1.29 is 8.42 Å². The summed E-state index contributed by atoms with van der Waals surface area (Å²) >= 11 is 0. The van der Waals surface area contributed by atoms with Gasteiger partial charge in [0, 0.05) is 24.7 Å². The number of nitrogens with one attached hydrogen (secondary N) is 2. The maximum absolute atomic E-state index is 11.6. The Kier molecular flexibility index (Phi) is 8.93. The molecule has 2 atom stereocenters. The molecular weight excluding hydrogens is 451 g/mol. The van der Waals surface area contributed by atoms with E-state index in [0.717, 1.165) is 31.5 Å². The third-order valence-electron chi connectivity index (χ3n) is 5.05. The second kappa shape index (κ2) is 9.73. The van der Waals surface area contributed by atoms with E-state index in [4.69, 9.17) is 4.99 Å². The lowest BCUT2D eigenvalue weighted by Crippen LogP contribution is -2.51. The number of guanidine groups is 1. The molecule has 0 aromatic rings. The minimum atomic E-state index is -2.88. The number of sulfone groups is 1. The zero-order chi connectivity index (χ0) is 17.8. The Labute approximate surface area is 170 Å². The second-order valence-corrected chi connectivity index (χ2v) is 10.2. The summed E-state index contributed by atoms with van der Waals surface area (Å²) in [5.74, 6) is 1.97. The van der Waals surface area contributed by atoms with Crippen LogP contribution in [0.1, 0.15) is 47.0 Å². The molecule has 0 radical (unpaired) electrons. The van der Waals surface area contributed by atoms with Crippen LogP contribution >= 0.6 is 24.0 Å². The number of aliphatic imine (C=N–C) groups is 1. The van der Waals surface area contributed by atoms with Crippen molar-refractivity contribution in [3.05, 3.63) is 0 Å². The molecule has 2 rings (SSSR count). The van der Waals surface area contributed by atoms with E-state index < -0.39 is 9.84 Å². The lowest BCUT2D eigenvalue weighted by molar-refractivity contribution is 0.0774. The van der Waals surface area contributed by atoms with E-state index in [1.54, 1.807) is 0 Å². The molecule has 0 aromatic carbocycles. The summed E-state index contributed by atoms with van der Waals surface area (Å²) in [5.41, 5.74) is 0.0127. The minimum absolute atomic E-state index is 0. The van der Waals surface area contributed by atoms with Crippen LogP contribution in [0.25, 0.3) is 0 Å². The van der Waals surface area contributed by atoms with E-state index in [9.17, 15) is 8.42 Å². The summed E-state index contributed by atoms with van der Waals surface area (Å²) in [6, 6.07) is -0.0223. The Morgan fingerprint density at radius 3 is 2.60 bits per heavy atom. The molecule has 6 nitrogen and oxygen atoms in total. The van der Waals surface area contributed by atoms with Gasteiger partial charge in [-0.25, -0.2) is 8.42 Å². The van der Waals surface area contributed by atoms with Crippen LogP contribution in [0.5, 0.6) is 0 Å². The fraction of sp³-hybridized carbons (Fsp3) is 0.941. The van der Waals surface area contributed by atoms with Gasteiger partial charge in [0.2, 0.25) is 0 Å². The first-order valence-electron chi connectivity index (χ1n) is 9.22. The highest BCUT2D eigenvalue weighted by Gasteiger charge is 2.31. The molecule has 2 saturated heterocycles. The predicted octanol–water partition coefficient (Wildman–Crippen LogP) is 1.86. The molecule has 0 spiro atoms. The number of hydrogen-bond donors (Lipinski definition) is 2. The molecule has 2 N–H and O–H groups in total. The van der Waals surface area contributed by atoms with Gasteiger partial charge in [0.25, 0.3) is 0 Å². The van der Waals surface area contributed by atoms with E-state index in [1.165, 1.54) is 12.8 Å². The Morgan fingerprint density at radius 1 is 1.32 bits per heavy atom. The van der Waals surface area contributed by atoms with Crippen LogP contribution in [-0.2, 0) is 9.84 Å². The van der Waals surface area contributed by atoms with Crippen LogP contribution in [0.4, 0.5) is 0 Å². The highest BCUT2D eigenvalue weighted by atomic mass is 127. The summed E-state index contributed by atoms with van der Waals surface area (Å²) in [4.78, 5) is 7.29. The highest BCUT2D eigenvalue weighted by molar-refractivity contribution is 14.0. The zero-order valence-corrected chi connectivity index (χ0v) is 19.2. The van der Waals surface area contributed by atoms with Crippen molar-refractivity contribution in [3.63, 3.8) is 0 Å². The summed E-state index contributed by atoms with van der Waals surface area (Å²) in [7, 11) is -2.88. The van der Waals surface area contributed by atoms with Crippen LogP contribution in [0.15, 0.2) is 4.99 Å². The average Bonchev–Trinajstić information content (AvgIpc) is 2.84. The third-order valence-corrected chi connectivity index (χ3v) is 6.82. The van der Waals surface area contributed by atoms with Gasteiger partial charge in [-0.05, 0) is 52.5 Å². The van der Waals surface area contributed by atoms with Crippen molar-refractivity contribution in [1.82, 2.24) is 15.5 Å². The van der Waals surface area contributed by atoms with Crippen molar-refractivity contribution in [2.75, 3.05) is 37.7 Å². The molecule has 2 aliphatic heterocycles. The molecule has 2 unspecified atom stereocenters. The molecule has 148 valence electrons. The van der Waals surface area contributed by atoms with Gasteiger partial charge in [0.15, 0.2) is 15.8 Å². The Hall–Kier alpha value is -0.0900. The van der Waals surface area contributed by atoms with Gasteiger partial charge in [-0.1, -0.05) is 6.92 Å². The normalized spacial score (nSPS) is 27.6. The van der Waals surface area contributed by atoms with Gasteiger partial charge in [0.05, 0.1) is 18.1 Å². The maximum atomic E-state index is 11.6.